The molecule has 0 unspecified atom stereocenters. The van der Waals surface area contributed by atoms with Crippen molar-refractivity contribution in [2.24, 2.45) is 5.41 Å². The van der Waals surface area contributed by atoms with Gasteiger partial charge in [-0.05, 0) is 55.5 Å². The van der Waals surface area contributed by atoms with E-state index in [1.54, 1.807) is 11.3 Å². The lowest BCUT2D eigenvalue weighted by Gasteiger charge is -2.44. The number of nitrogens with one attached hydrogen (secondary N) is 1. The Morgan fingerprint density at radius 1 is 1.09 bits per heavy atom. The summed E-state index contributed by atoms with van der Waals surface area (Å²) in [6, 6.07) is 4.30. The van der Waals surface area contributed by atoms with Crippen LogP contribution in [-0.4, -0.2) is 37.0 Å². The molecule has 1 aromatic heterocycles. The van der Waals surface area contributed by atoms with Crippen LogP contribution < -0.4 is 5.32 Å². The van der Waals surface area contributed by atoms with Crippen molar-refractivity contribution in [2.45, 2.75) is 56.8 Å². The summed E-state index contributed by atoms with van der Waals surface area (Å²) in [4.78, 5) is 17.0. The summed E-state index contributed by atoms with van der Waals surface area (Å²) in [5, 5.41) is 5.65. The third-order valence-electron chi connectivity index (χ3n) is 6.55. The number of amides is 1. The van der Waals surface area contributed by atoms with Gasteiger partial charge in [0.05, 0.1) is 5.41 Å². The maximum Gasteiger partial charge on any atom is 0.234 e. The number of hydrogen-bond donors (Lipinski definition) is 1. The fourth-order valence-corrected chi connectivity index (χ4v) is 5.96. The Labute approximate surface area is 143 Å². The second-order valence-corrected chi connectivity index (χ2v) is 8.79. The van der Waals surface area contributed by atoms with Crippen LogP contribution in [0.15, 0.2) is 17.5 Å². The van der Waals surface area contributed by atoms with Crippen LogP contribution >= 0.6 is 11.3 Å². The molecule has 0 aromatic carbocycles. The van der Waals surface area contributed by atoms with Gasteiger partial charge in [-0.15, -0.1) is 11.3 Å². The second-order valence-electron chi connectivity index (χ2n) is 7.84. The lowest BCUT2D eigenvalue weighted by Crippen LogP contribution is -2.52. The molecule has 3 nitrogen and oxygen atoms in total. The zero-order valence-electron chi connectivity index (χ0n) is 14.0. The van der Waals surface area contributed by atoms with Crippen LogP contribution in [0.4, 0.5) is 0 Å². The molecule has 2 saturated heterocycles. The van der Waals surface area contributed by atoms with Gasteiger partial charge in [-0.2, -0.15) is 0 Å². The van der Waals surface area contributed by atoms with E-state index in [2.05, 4.69) is 27.7 Å². The first-order valence-corrected chi connectivity index (χ1v) is 10.2. The predicted molar refractivity (Wildman–Crippen MR) is 94.8 cm³/mol. The molecule has 1 aliphatic carbocycles. The Morgan fingerprint density at radius 2 is 1.87 bits per heavy atom. The summed E-state index contributed by atoms with van der Waals surface area (Å²) in [5.41, 5.74) is 0.282. The van der Waals surface area contributed by atoms with Crippen LogP contribution in [0.1, 0.15) is 56.2 Å². The summed E-state index contributed by atoms with van der Waals surface area (Å²) in [6.07, 6.45) is 9.46. The van der Waals surface area contributed by atoms with Gasteiger partial charge in [0.15, 0.2) is 0 Å². The van der Waals surface area contributed by atoms with Crippen LogP contribution in [0.2, 0.25) is 0 Å². The van der Waals surface area contributed by atoms with Crippen LogP contribution in [0.5, 0.6) is 0 Å². The zero-order valence-corrected chi connectivity index (χ0v) is 14.8. The molecule has 2 aliphatic heterocycles. The third-order valence-corrected chi connectivity index (χ3v) is 7.63. The number of hydrogen-bond acceptors (Lipinski definition) is 3. The first-order chi connectivity index (χ1) is 11.2. The molecule has 3 fully saturated rings. The largest absolute Gasteiger partial charge is 0.342 e. The van der Waals surface area contributed by atoms with Crippen molar-refractivity contribution in [3.63, 3.8) is 0 Å². The minimum absolute atomic E-state index is 0.204. The number of thiophene rings is 1. The highest BCUT2D eigenvalue weighted by molar-refractivity contribution is 7.10. The minimum Gasteiger partial charge on any atom is -0.342 e. The van der Waals surface area contributed by atoms with Gasteiger partial charge in [0.1, 0.15) is 0 Å². The Balaban J connectivity index is 1.52. The van der Waals surface area contributed by atoms with E-state index in [-0.39, 0.29) is 5.41 Å². The lowest BCUT2D eigenvalue weighted by molar-refractivity contribution is -0.141. The monoisotopic (exact) mass is 332 g/mol. The third kappa shape index (κ3) is 2.74. The van der Waals surface area contributed by atoms with E-state index in [0.29, 0.717) is 11.3 Å². The standard InChI is InChI=1S/C19H28N2OS/c22-17(21-12-9-18(10-13-21)8-11-20-15-18)19(6-2-1-3-7-19)16-5-4-14-23-16/h4-5,14,20H,1-3,6-13,15H2. The molecule has 4 heteroatoms. The lowest BCUT2D eigenvalue weighted by atomic mass is 9.71. The summed E-state index contributed by atoms with van der Waals surface area (Å²) >= 11 is 1.78. The number of carbonyl (C=O) groups is 1. The van der Waals surface area contributed by atoms with E-state index in [9.17, 15) is 4.79 Å². The van der Waals surface area contributed by atoms with Gasteiger partial charge in [-0.3, -0.25) is 4.79 Å². The average Bonchev–Trinajstić information content (AvgIpc) is 3.28. The molecule has 0 bridgehead atoms. The summed E-state index contributed by atoms with van der Waals surface area (Å²) in [5.74, 6) is 0.431. The number of likely N-dealkylation sites (tertiary alicyclic amines) is 1. The number of carbonyl (C=O) groups excluding carboxylic acids is 1. The van der Waals surface area contributed by atoms with E-state index < -0.39 is 0 Å². The van der Waals surface area contributed by atoms with Crippen molar-refractivity contribution in [3.8, 4) is 0 Å². The molecule has 4 rings (SSSR count). The Morgan fingerprint density at radius 3 is 2.48 bits per heavy atom. The molecular weight excluding hydrogens is 304 g/mol. The fourth-order valence-electron chi connectivity index (χ4n) is 4.98. The van der Waals surface area contributed by atoms with Crippen molar-refractivity contribution in [1.82, 2.24) is 10.2 Å². The summed E-state index contributed by atoms with van der Waals surface area (Å²) in [7, 11) is 0. The Kier molecular flexibility index (Phi) is 4.22. The topological polar surface area (TPSA) is 32.3 Å². The first-order valence-electron chi connectivity index (χ1n) is 9.28. The maximum atomic E-state index is 13.5. The quantitative estimate of drug-likeness (QED) is 0.898. The van der Waals surface area contributed by atoms with Gasteiger partial charge in [-0.25, -0.2) is 0 Å². The van der Waals surface area contributed by atoms with Gasteiger partial charge in [0.25, 0.3) is 0 Å². The Bertz CT molecular complexity index is 532. The summed E-state index contributed by atoms with van der Waals surface area (Å²) in [6.45, 7) is 4.25. The van der Waals surface area contributed by atoms with Crippen LogP contribution in [0, 0.1) is 5.41 Å². The smallest absolute Gasteiger partial charge is 0.234 e. The highest BCUT2D eigenvalue weighted by Crippen LogP contribution is 2.45. The SMILES string of the molecule is O=C(N1CCC2(CCNC2)CC1)C1(c2cccs2)CCCCC1. The van der Waals surface area contributed by atoms with Crippen molar-refractivity contribution < 1.29 is 4.79 Å². The molecule has 1 amide bonds. The number of piperidine rings is 1. The van der Waals surface area contributed by atoms with Crippen LogP contribution in [-0.2, 0) is 10.2 Å². The fraction of sp³-hybridized carbons (Fsp3) is 0.737. The molecule has 1 saturated carbocycles. The van der Waals surface area contributed by atoms with E-state index >= 15 is 0 Å². The maximum absolute atomic E-state index is 13.5. The highest BCUT2D eigenvalue weighted by Gasteiger charge is 2.46. The number of rotatable bonds is 2. The molecule has 1 aromatic rings. The first kappa shape index (κ1) is 15.6. The van der Waals surface area contributed by atoms with Gasteiger partial charge in [0.2, 0.25) is 5.91 Å². The van der Waals surface area contributed by atoms with Gasteiger partial charge in [-0.1, -0.05) is 25.3 Å². The molecule has 1 N–H and O–H groups in total. The normalized spacial score (nSPS) is 26.5. The molecule has 0 radical (unpaired) electrons. The molecule has 1 spiro atoms. The molecular formula is C19H28N2OS. The van der Waals surface area contributed by atoms with E-state index in [1.807, 2.05) is 0 Å². The van der Waals surface area contributed by atoms with E-state index in [1.165, 1.54) is 43.4 Å². The molecule has 3 aliphatic rings. The molecule has 23 heavy (non-hydrogen) atoms. The zero-order chi connectivity index (χ0) is 15.8. The van der Waals surface area contributed by atoms with Crippen molar-refractivity contribution in [2.75, 3.05) is 26.2 Å². The van der Waals surface area contributed by atoms with Crippen LogP contribution in [0.3, 0.4) is 0 Å². The van der Waals surface area contributed by atoms with E-state index in [4.69, 9.17) is 0 Å². The molecule has 3 heterocycles. The average molecular weight is 333 g/mol. The molecule has 126 valence electrons. The predicted octanol–water partition coefficient (Wildman–Crippen LogP) is 3.55. The van der Waals surface area contributed by atoms with Crippen molar-refractivity contribution in [3.05, 3.63) is 22.4 Å². The number of nitrogens with zero attached hydrogens (tertiary/aromatic N) is 1. The van der Waals surface area contributed by atoms with Gasteiger partial charge >= 0.3 is 0 Å². The minimum atomic E-state index is -0.204. The summed E-state index contributed by atoms with van der Waals surface area (Å²) < 4.78 is 0. The van der Waals surface area contributed by atoms with Crippen molar-refractivity contribution >= 4 is 17.2 Å². The second kappa shape index (κ2) is 6.21. The highest BCUT2D eigenvalue weighted by atomic mass is 32.1. The van der Waals surface area contributed by atoms with Crippen LogP contribution in [0.25, 0.3) is 0 Å². The van der Waals surface area contributed by atoms with E-state index in [0.717, 1.165) is 39.0 Å². The van der Waals surface area contributed by atoms with Crippen molar-refractivity contribution in [1.29, 1.82) is 0 Å². The van der Waals surface area contributed by atoms with Gasteiger partial charge < -0.3 is 10.2 Å². The Hall–Kier alpha value is -0.870. The van der Waals surface area contributed by atoms with Gasteiger partial charge in [0, 0.05) is 24.5 Å². The molecule has 0 atom stereocenters.